The van der Waals surface area contributed by atoms with E-state index in [0.717, 1.165) is 15.2 Å². The summed E-state index contributed by atoms with van der Waals surface area (Å²) in [5, 5.41) is 8.56. The van der Waals surface area contributed by atoms with Gasteiger partial charge in [-0.25, -0.2) is 8.78 Å². The van der Waals surface area contributed by atoms with Gasteiger partial charge in [0.1, 0.15) is 11.6 Å². The minimum Gasteiger partial charge on any atom is -0.260 e. The fourth-order valence-corrected chi connectivity index (χ4v) is 4.61. The molecule has 0 radical (unpaired) electrons. The molecule has 0 fully saturated rings. The van der Waals surface area contributed by atoms with Crippen LogP contribution in [0.3, 0.4) is 0 Å². The normalized spacial score (nSPS) is 13.0. The van der Waals surface area contributed by atoms with Crippen LogP contribution in [0.2, 0.25) is 0 Å². The van der Waals surface area contributed by atoms with Gasteiger partial charge in [-0.15, -0.1) is 10.2 Å². The first-order valence-corrected chi connectivity index (χ1v) is 8.68. The van der Waals surface area contributed by atoms with Crippen molar-refractivity contribution in [1.82, 2.24) is 14.6 Å². The predicted molar refractivity (Wildman–Crippen MR) is 89.0 cm³/mol. The van der Waals surface area contributed by atoms with Crippen LogP contribution in [0.15, 0.2) is 47.6 Å². The number of benzene rings is 2. The third-order valence-electron chi connectivity index (χ3n) is 3.60. The minimum absolute atomic E-state index is 0.0637. The van der Waals surface area contributed by atoms with Crippen molar-refractivity contribution in [2.24, 2.45) is 0 Å². The van der Waals surface area contributed by atoms with E-state index in [0.29, 0.717) is 5.16 Å². The second-order valence-corrected chi connectivity index (χ2v) is 7.38. The average Bonchev–Trinajstić information content (AvgIpc) is 3.07. The van der Waals surface area contributed by atoms with Crippen LogP contribution >= 0.6 is 23.1 Å². The molecular formula is C16H11F2N3S2. The highest BCUT2D eigenvalue weighted by Crippen LogP contribution is 2.38. The lowest BCUT2D eigenvalue weighted by Gasteiger charge is -2.12. The quantitative estimate of drug-likeness (QED) is 0.484. The molecule has 0 aliphatic rings. The minimum atomic E-state index is -0.541. The number of aromatic nitrogens is 3. The summed E-state index contributed by atoms with van der Waals surface area (Å²) in [6.07, 6.45) is 0. The van der Waals surface area contributed by atoms with Crippen molar-refractivity contribution >= 4 is 38.3 Å². The molecule has 0 aliphatic heterocycles. The van der Waals surface area contributed by atoms with Gasteiger partial charge in [0.15, 0.2) is 5.16 Å². The Bertz CT molecular complexity index is 989. The molecule has 2 aromatic heterocycles. The average molecular weight is 347 g/mol. The Morgan fingerprint density at radius 1 is 1.04 bits per heavy atom. The molecule has 116 valence electrons. The molecule has 0 spiro atoms. The van der Waals surface area contributed by atoms with Gasteiger partial charge < -0.3 is 0 Å². The van der Waals surface area contributed by atoms with Crippen molar-refractivity contribution in [3.63, 3.8) is 0 Å². The van der Waals surface area contributed by atoms with E-state index in [4.69, 9.17) is 0 Å². The van der Waals surface area contributed by atoms with Gasteiger partial charge in [-0.3, -0.25) is 4.40 Å². The summed E-state index contributed by atoms with van der Waals surface area (Å²) in [5.74, 6) is -1.08. The van der Waals surface area contributed by atoms with E-state index in [1.807, 2.05) is 28.7 Å². The second-order valence-electron chi connectivity index (χ2n) is 5.07. The summed E-state index contributed by atoms with van der Waals surface area (Å²) in [4.78, 5) is 0.773. The van der Waals surface area contributed by atoms with Gasteiger partial charge in [-0.2, -0.15) is 0 Å². The van der Waals surface area contributed by atoms with Crippen LogP contribution in [0.5, 0.6) is 0 Å². The van der Waals surface area contributed by atoms with Crippen molar-refractivity contribution in [3.8, 4) is 0 Å². The smallest absolute Gasteiger partial charge is 0.217 e. The van der Waals surface area contributed by atoms with Crippen molar-refractivity contribution in [3.05, 3.63) is 59.7 Å². The molecule has 0 aliphatic carbocycles. The monoisotopic (exact) mass is 347 g/mol. The van der Waals surface area contributed by atoms with Crippen molar-refractivity contribution in [2.75, 3.05) is 0 Å². The Labute approximate surface area is 139 Å². The third-order valence-corrected chi connectivity index (χ3v) is 5.68. The van der Waals surface area contributed by atoms with E-state index in [2.05, 4.69) is 10.2 Å². The molecule has 2 aromatic carbocycles. The van der Waals surface area contributed by atoms with Crippen molar-refractivity contribution < 1.29 is 8.78 Å². The number of thioether (sulfide) groups is 1. The molecule has 0 saturated heterocycles. The zero-order valence-corrected chi connectivity index (χ0v) is 13.7. The molecule has 4 aromatic rings. The van der Waals surface area contributed by atoms with Gasteiger partial charge in [-0.05, 0) is 31.2 Å². The number of fused-ring (bicyclic) bond motifs is 3. The zero-order valence-electron chi connectivity index (χ0n) is 12.0. The summed E-state index contributed by atoms with van der Waals surface area (Å²) in [6.45, 7) is 1.77. The molecule has 0 N–H and O–H groups in total. The summed E-state index contributed by atoms with van der Waals surface area (Å²) in [5.41, 5.74) is 1.06. The lowest BCUT2D eigenvalue weighted by molar-refractivity contribution is 0.557. The SMILES string of the molecule is C[C@@H](Sc1nnc2sc3ccccc3n12)c1c(F)cccc1F. The molecule has 0 unspecified atom stereocenters. The van der Waals surface area contributed by atoms with Crippen LogP contribution in [-0.4, -0.2) is 14.6 Å². The van der Waals surface area contributed by atoms with Gasteiger partial charge in [0, 0.05) is 10.8 Å². The standard InChI is InChI=1S/C16H11F2N3S2/c1-9(14-10(17)5-4-6-11(14)18)22-15-19-20-16-21(15)12-7-2-3-8-13(12)23-16/h2-9H,1H3/t9-/m1/s1. The van der Waals surface area contributed by atoms with E-state index in [1.54, 1.807) is 6.92 Å². The van der Waals surface area contributed by atoms with E-state index >= 15 is 0 Å². The second kappa shape index (κ2) is 5.58. The van der Waals surface area contributed by atoms with Crippen LogP contribution in [0.4, 0.5) is 8.78 Å². The van der Waals surface area contributed by atoms with E-state index in [-0.39, 0.29) is 5.56 Å². The molecule has 0 saturated carbocycles. The zero-order chi connectivity index (χ0) is 16.0. The fraction of sp³-hybridized carbons (Fsp3) is 0.125. The maximum atomic E-state index is 13.9. The first-order valence-electron chi connectivity index (χ1n) is 6.98. The summed E-state index contributed by atoms with van der Waals surface area (Å²) < 4.78 is 30.9. The highest BCUT2D eigenvalue weighted by Gasteiger charge is 2.21. The Morgan fingerprint density at radius 3 is 2.57 bits per heavy atom. The number of thiazole rings is 1. The maximum absolute atomic E-state index is 13.9. The Balaban J connectivity index is 1.78. The van der Waals surface area contributed by atoms with Crippen LogP contribution in [-0.2, 0) is 0 Å². The summed E-state index contributed by atoms with van der Waals surface area (Å²) in [6, 6.07) is 11.8. The topological polar surface area (TPSA) is 30.2 Å². The molecular weight excluding hydrogens is 336 g/mol. The van der Waals surface area contributed by atoms with E-state index in [1.165, 1.54) is 41.3 Å². The molecule has 1 atom stereocenters. The maximum Gasteiger partial charge on any atom is 0.217 e. The number of hydrogen-bond acceptors (Lipinski definition) is 4. The number of rotatable bonds is 3. The first-order chi connectivity index (χ1) is 11.1. The molecule has 3 nitrogen and oxygen atoms in total. The van der Waals surface area contributed by atoms with Crippen molar-refractivity contribution in [2.45, 2.75) is 17.3 Å². The molecule has 7 heteroatoms. The summed E-state index contributed by atoms with van der Waals surface area (Å²) >= 11 is 2.84. The number of nitrogens with zero attached hydrogens (tertiary/aromatic N) is 3. The highest BCUT2D eigenvalue weighted by molar-refractivity contribution is 7.99. The Morgan fingerprint density at radius 2 is 1.78 bits per heavy atom. The summed E-state index contributed by atoms with van der Waals surface area (Å²) in [7, 11) is 0. The van der Waals surface area contributed by atoms with Crippen LogP contribution in [0.1, 0.15) is 17.7 Å². The van der Waals surface area contributed by atoms with Crippen LogP contribution < -0.4 is 0 Å². The first kappa shape index (κ1) is 14.6. The number of hydrogen-bond donors (Lipinski definition) is 0. The van der Waals surface area contributed by atoms with Gasteiger partial charge >= 0.3 is 0 Å². The van der Waals surface area contributed by atoms with Crippen LogP contribution in [0, 0.1) is 11.6 Å². The van der Waals surface area contributed by atoms with Gasteiger partial charge in [0.05, 0.1) is 10.2 Å². The van der Waals surface area contributed by atoms with E-state index < -0.39 is 16.9 Å². The Hall–Kier alpha value is -1.99. The number of para-hydroxylation sites is 1. The highest BCUT2D eigenvalue weighted by atomic mass is 32.2. The number of halogens is 2. The van der Waals surface area contributed by atoms with E-state index in [9.17, 15) is 8.78 Å². The van der Waals surface area contributed by atoms with Gasteiger partial charge in [0.25, 0.3) is 0 Å². The predicted octanol–water partition coefficient (Wildman–Crippen LogP) is 5.08. The molecule has 0 bridgehead atoms. The Kier molecular flexibility index (Phi) is 3.54. The lowest BCUT2D eigenvalue weighted by atomic mass is 10.1. The largest absolute Gasteiger partial charge is 0.260 e. The van der Waals surface area contributed by atoms with Crippen LogP contribution in [0.25, 0.3) is 15.2 Å². The van der Waals surface area contributed by atoms with Crippen molar-refractivity contribution in [1.29, 1.82) is 0 Å². The molecule has 2 heterocycles. The fourth-order valence-electron chi connectivity index (χ4n) is 2.55. The van der Waals surface area contributed by atoms with Gasteiger partial charge in [0.2, 0.25) is 4.96 Å². The molecule has 23 heavy (non-hydrogen) atoms. The molecule has 0 amide bonds. The van der Waals surface area contributed by atoms with Gasteiger partial charge in [-0.1, -0.05) is 41.3 Å². The third kappa shape index (κ3) is 2.40. The lowest BCUT2D eigenvalue weighted by Crippen LogP contribution is -1.99. The molecule has 4 rings (SSSR count).